The summed E-state index contributed by atoms with van der Waals surface area (Å²) < 4.78 is 7.62. The Balaban J connectivity index is 1.73. The van der Waals surface area contributed by atoms with Crippen molar-refractivity contribution >= 4 is 49.5 Å². The number of carbonyl (C=O) groups is 1. The van der Waals surface area contributed by atoms with Crippen LogP contribution in [0.15, 0.2) is 75.2 Å². The molecule has 0 heterocycles. The summed E-state index contributed by atoms with van der Waals surface area (Å²) in [5.74, 6) is 0.228. The first-order chi connectivity index (χ1) is 14.9. The predicted octanol–water partition coefficient (Wildman–Crippen LogP) is 6.95. The van der Waals surface area contributed by atoms with Crippen LogP contribution in [0.5, 0.6) is 5.75 Å². The molecule has 0 fully saturated rings. The van der Waals surface area contributed by atoms with Crippen molar-refractivity contribution in [3.8, 4) is 11.8 Å². The molecule has 0 aliphatic rings. The molecule has 0 unspecified atom stereocenters. The molecule has 3 rings (SSSR count). The Morgan fingerprint density at radius 1 is 1.06 bits per heavy atom. The number of aryl methyl sites for hydroxylation is 2. The third kappa shape index (κ3) is 6.06. The number of ether oxygens (including phenoxy) is 1. The highest BCUT2D eigenvalue weighted by Crippen LogP contribution is 2.29. The van der Waals surface area contributed by atoms with E-state index in [1.54, 1.807) is 6.08 Å². The van der Waals surface area contributed by atoms with Gasteiger partial charge in [0, 0.05) is 15.7 Å². The number of halogens is 2. The molecule has 0 aromatic heterocycles. The third-order valence-corrected chi connectivity index (χ3v) is 6.00. The zero-order valence-corrected chi connectivity index (χ0v) is 20.2. The molecule has 31 heavy (non-hydrogen) atoms. The highest BCUT2D eigenvalue weighted by Gasteiger charge is 2.12. The number of benzene rings is 3. The van der Waals surface area contributed by atoms with E-state index < -0.39 is 5.91 Å². The average Bonchev–Trinajstić information content (AvgIpc) is 2.74. The molecule has 3 aromatic rings. The minimum atomic E-state index is -0.445. The van der Waals surface area contributed by atoms with Crippen molar-refractivity contribution in [2.75, 3.05) is 5.32 Å². The minimum Gasteiger partial charge on any atom is -0.488 e. The second-order valence-corrected chi connectivity index (χ2v) is 8.72. The zero-order valence-electron chi connectivity index (χ0n) is 17.1. The van der Waals surface area contributed by atoms with Crippen molar-refractivity contribution < 1.29 is 9.53 Å². The molecule has 0 radical (unpaired) electrons. The summed E-state index contributed by atoms with van der Waals surface area (Å²) in [6.07, 6.45) is 1.56. The van der Waals surface area contributed by atoms with Gasteiger partial charge in [0.2, 0.25) is 0 Å². The van der Waals surface area contributed by atoms with Crippen molar-refractivity contribution in [2.45, 2.75) is 20.5 Å². The molecule has 0 atom stereocenters. The molecule has 3 aromatic carbocycles. The van der Waals surface area contributed by atoms with Crippen molar-refractivity contribution in [1.82, 2.24) is 0 Å². The quantitative estimate of drug-likeness (QED) is 0.272. The Labute approximate surface area is 198 Å². The fraction of sp³-hybridized carbons (Fsp3) is 0.120. The fourth-order valence-electron chi connectivity index (χ4n) is 2.95. The molecule has 0 bridgehead atoms. The van der Waals surface area contributed by atoms with Crippen LogP contribution >= 0.6 is 31.9 Å². The SMILES string of the molecule is Cc1ccc(NC(=O)/C(C#N)=C/c2ccc(OCc3ccccc3Br)c(Br)c2)c(C)c1. The number of nitrogens with one attached hydrogen (secondary N) is 1. The zero-order chi connectivity index (χ0) is 22.4. The first-order valence-corrected chi connectivity index (χ1v) is 11.1. The first kappa shape index (κ1) is 22.8. The van der Waals surface area contributed by atoms with E-state index in [1.165, 1.54) is 0 Å². The van der Waals surface area contributed by atoms with E-state index in [2.05, 4.69) is 37.2 Å². The number of amides is 1. The van der Waals surface area contributed by atoms with E-state index in [9.17, 15) is 10.1 Å². The largest absolute Gasteiger partial charge is 0.488 e. The highest BCUT2D eigenvalue weighted by atomic mass is 79.9. The van der Waals surface area contributed by atoms with Gasteiger partial charge < -0.3 is 10.1 Å². The van der Waals surface area contributed by atoms with Gasteiger partial charge >= 0.3 is 0 Å². The van der Waals surface area contributed by atoms with E-state index in [-0.39, 0.29) is 5.57 Å². The number of nitriles is 1. The summed E-state index contributed by atoms with van der Waals surface area (Å²) in [4.78, 5) is 12.6. The van der Waals surface area contributed by atoms with Gasteiger partial charge in [0.1, 0.15) is 24.0 Å². The number of anilines is 1. The molecule has 156 valence electrons. The number of rotatable bonds is 6. The Kier molecular flexibility index (Phi) is 7.67. The Bertz CT molecular complexity index is 1200. The van der Waals surface area contributed by atoms with Crippen LogP contribution in [-0.4, -0.2) is 5.91 Å². The second-order valence-electron chi connectivity index (χ2n) is 7.01. The molecule has 1 amide bonds. The van der Waals surface area contributed by atoms with Gasteiger partial charge in [0.05, 0.1) is 4.47 Å². The summed E-state index contributed by atoms with van der Waals surface area (Å²) in [6.45, 7) is 4.32. The highest BCUT2D eigenvalue weighted by molar-refractivity contribution is 9.10. The molecular weight excluding hydrogens is 520 g/mol. The smallest absolute Gasteiger partial charge is 0.266 e. The van der Waals surface area contributed by atoms with Crippen molar-refractivity contribution in [1.29, 1.82) is 5.26 Å². The van der Waals surface area contributed by atoms with Crippen LogP contribution < -0.4 is 10.1 Å². The number of nitrogens with zero attached hydrogens (tertiary/aromatic N) is 1. The van der Waals surface area contributed by atoms with Crippen molar-refractivity contribution in [2.24, 2.45) is 0 Å². The maximum atomic E-state index is 12.6. The van der Waals surface area contributed by atoms with Crippen molar-refractivity contribution in [3.05, 3.63) is 97.4 Å². The molecule has 0 spiro atoms. The first-order valence-electron chi connectivity index (χ1n) is 9.53. The summed E-state index contributed by atoms with van der Waals surface area (Å²) >= 11 is 7.02. The van der Waals surface area contributed by atoms with Gasteiger partial charge in [0.15, 0.2) is 0 Å². The predicted molar refractivity (Wildman–Crippen MR) is 131 cm³/mol. The molecule has 0 aliphatic carbocycles. The molecule has 0 saturated carbocycles. The number of carbonyl (C=O) groups excluding carboxylic acids is 1. The Morgan fingerprint density at radius 3 is 2.52 bits per heavy atom. The van der Waals surface area contributed by atoms with Crippen LogP contribution in [0.2, 0.25) is 0 Å². The van der Waals surface area contributed by atoms with Gasteiger partial charge in [-0.15, -0.1) is 0 Å². The van der Waals surface area contributed by atoms with E-state index >= 15 is 0 Å². The summed E-state index contributed by atoms with van der Waals surface area (Å²) in [6, 6.07) is 21.0. The van der Waals surface area contributed by atoms with E-state index in [0.29, 0.717) is 23.6 Å². The lowest BCUT2D eigenvalue weighted by Gasteiger charge is -2.11. The third-order valence-electron chi connectivity index (χ3n) is 4.60. The van der Waals surface area contributed by atoms with Crippen LogP contribution in [0.1, 0.15) is 22.3 Å². The molecule has 0 aliphatic heterocycles. The topological polar surface area (TPSA) is 62.1 Å². The van der Waals surface area contributed by atoms with Gasteiger partial charge in [-0.3, -0.25) is 4.79 Å². The normalized spacial score (nSPS) is 11.0. The van der Waals surface area contributed by atoms with E-state index in [0.717, 1.165) is 25.6 Å². The fourth-order valence-corrected chi connectivity index (χ4v) is 3.86. The average molecular weight is 540 g/mol. The van der Waals surface area contributed by atoms with Crippen LogP contribution in [0.3, 0.4) is 0 Å². The van der Waals surface area contributed by atoms with Gasteiger partial charge in [-0.1, -0.05) is 57.9 Å². The molecule has 1 N–H and O–H groups in total. The molecule has 6 heteroatoms. The van der Waals surface area contributed by atoms with Crippen LogP contribution in [0.4, 0.5) is 5.69 Å². The van der Waals surface area contributed by atoms with E-state index in [4.69, 9.17) is 4.74 Å². The Hall–Kier alpha value is -2.88. The van der Waals surface area contributed by atoms with Crippen LogP contribution in [0.25, 0.3) is 6.08 Å². The van der Waals surface area contributed by atoms with Crippen molar-refractivity contribution in [3.63, 3.8) is 0 Å². The molecule has 0 saturated heterocycles. The van der Waals surface area contributed by atoms with Gasteiger partial charge in [-0.25, -0.2) is 0 Å². The lowest BCUT2D eigenvalue weighted by Crippen LogP contribution is -2.14. The van der Waals surface area contributed by atoms with Gasteiger partial charge in [-0.2, -0.15) is 5.26 Å². The van der Waals surface area contributed by atoms with E-state index in [1.807, 2.05) is 80.6 Å². The monoisotopic (exact) mass is 538 g/mol. The lowest BCUT2D eigenvalue weighted by molar-refractivity contribution is -0.112. The molecule has 4 nitrogen and oxygen atoms in total. The Morgan fingerprint density at radius 2 is 1.84 bits per heavy atom. The minimum absolute atomic E-state index is 0.0220. The number of hydrogen-bond donors (Lipinski definition) is 1. The van der Waals surface area contributed by atoms with Gasteiger partial charge in [-0.05, 0) is 71.2 Å². The van der Waals surface area contributed by atoms with Gasteiger partial charge in [0.25, 0.3) is 5.91 Å². The summed E-state index contributed by atoms with van der Waals surface area (Å²) in [7, 11) is 0. The standard InChI is InChI=1S/C25H20Br2N2O2/c1-16-7-9-23(17(2)11-16)29-25(30)20(14-28)12-18-8-10-24(22(27)13-18)31-15-19-5-3-4-6-21(19)26/h3-13H,15H2,1-2H3,(H,29,30)/b20-12+. The molecular formula is C25H20Br2N2O2. The maximum absolute atomic E-state index is 12.6. The van der Waals surface area contributed by atoms with Crippen LogP contribution in [-0.2, 0) is 11.4 Å². The maximum Gasteiger partial charge on any atom is 0.266 e. The lowest BCUT2D eigenvalue weighted by atomic mass is 10.1. The van der Waals surface area contributed by atoms with Crippen LogP contribution in [0, 0.1) is 25.2 Å². The summed E-state index contributed by atoms with van der Waals surface area (Å²) in [5.41, 5.74) is 4.52. The second kappa shape index (κ2) is 10.4. The summed E-state index contributed by atoms with van der Waals surface area (Å²) in [5, 5.41) is 12.3. The number of hydrogen-bond acceptors (Lipinski definition) is 3.